The van der Waals surface area contributed by atoms with E-state index in [0.29, 0.717) is 6.54 Å². The van der Waals surface area contributed by atoms with Gasteiger partial charge in [0, 0.05) is 23.7 Å². The second-order valence-corrected chi connectivity index (χ2v) is 3.70. The Morgan fingerprint density at radius 2 is 2.12 bits per heavy atom. The van der Waals surface area contributed by atoms with Crippen molar-refractivity contribution in [3.8, 4) is 0 Å². The number of para-hydroxylation sites is 1. The highest BCUT2D eigenvalue weighted by Gasteiger charge is 2.02. The molecular weight excluding hydrogens is 214 g/mol. The lowest BCUT2D eigenvalue weighted by Gasteiger charge is -2.06. The van der Waals surface area contributed by atoms with E-state index in [4.69, 9.17) is 0 Å². The van der Waals surface area contributed by atoms with E-state index in [9.17, 15) is 0 Å². The Morgan fingerprint density at radius 1 is 1.18 bits per heavy atom. The number of hydrogen-bond acceptors (Lipinski definition) is 4. The average Bonchev–Trinajstić information content (AvgIpc) is 2.89. The van der Waals surface area contributed by atoms with Gasteiger partial charge in [-0.2, -0.15) is 5.10 Å². The Labute approximate surface area is 97.9 Å². The van der Waals surface area contributed by atoms with Crippen molar-refractivity contribution in [1.29, 1.82) is 0 Å². The molecule has 84 valence electrons. The van der Waals surface area contributed by atoms with Crippen LogP contribution in [0, 0.1) is 0 Å². The fraction of sp³-hybridized carbons (Fsp3) is 0.0833. The van der Waals surface area contributed by atoms with Crippen LogP contribution in [0.1, 0.15) is 5.56 Å². The molecule has 2 heterocycles. The summed E-state index contributed by atoms with van der Waals surface area (Å²) in [5, 5.41) is 11.0. The van der Waals surface area contributed by atoms with Crippen molar-refractivity contribution in [1.82, 2.24) is 20.2 Å². The van der Waals surface area contributed by atoms with E-state index in [0.717, 1.165) is 22.3 Å². The van der Waals surface area contributed by atoms with Gasteiger partial charge < -0.3 is 5.32 Å². The van der Waals surface area contributed by atoms with Crippen molar-refractivity contribution in [2.24, 2.45) is 0 Å². The van der Waals surface area contributed by atoms with Crippen molar-refractivity contribution >= 4 is 16.7 Å². The molecule has 3 rings (SSSR count). The topological polar surface area (TPSA) is 66.5 Å². The zero-order valence-electron chi connectivity index (χ0n) is 9.09. The molecule has 0 amide bonds. The first-order valence-corrected chi connectivity index (χ1v) is 5.35. The zero-order chi connectivity index (χ0) is 11.5. The maximum Gasteiger partial charge on any atom is 0.137 e. The van der Waals surface area contributed by atoms with Crippen molar-refractivity contribution in [2.75, 3.05) is 5.32 Å². The average molecular weight is 225 g/mol. The van der Waals surface area contributed by atoms with Gasteiger partial charge in [-0.05, 0) is 12.1 Å². The third-order valence-corrected chi connectivity index (χ3v) is 2.56. The van der Waals surface area contributed by atoms with E-state index in [-0.39, 0.29) is 0 Å². The van der Waals surface area contributed by atoms with Gasteiger partial charge in [-0.3, -0.25) is 5.10 Å². The smallest absolute Gasteiger partial charge is 0.137 e. The highest BCUT2D eigenvalue weighted by molar-refractivity contribution is 5.88. The highest BCUT2D eigenvalue weighted by Crippen LogP contribution is 2.18. The number of benzene rings is 1. The molecule has 0 aliphatic rings. The van der Waals surface area contributed by atoms with Crippen LogP contribution >= 0.6 is 0 Å². The van der Waals surface area contributed by atoms with Gasteiger partial charge >= 0.3 is 0 Å². The van der Waals surface area contributed by atoms with Crippen LogP contribution in [0.4, 0.5) is 5.82 Å². The molecule has 2 N–H and O–H groups in total. The molecule has 0 unspecified atom stereocenters. The molecule has 0 atom stereocenters. The highest BCUT2D eigenvalue weighted by atomic mass is 15.1. The van der Waals surface area contributed by atoms with Crippen LogP contribution in [0.2, 0.25) is 0 Å². The number of anilines is 1. The van der Waals surface area contributed by atoms with E-state index >= 15 is 0 Å². The third-order valence-electron chi connectivity index (χ3n) is 2.56. The maximum atomic E-state index is 4.25. The van der Waals surface area contributed by atoms with Crippen molar-refractivity contribution in [2.45, 2.75) is 6.54 Å². The molecule has 5 heteroatoms. The molecule has 5 nitrogen and oxygen atoms in total. The quantitative estimate of drug-likeness (QED) is 0.715. The normalized spacial score (nSPS) is 10.6. The first-order chi connectivity index (χ1) is 8.43. The second-order valence-electron chi connectivity index (χ2n) is 3.70. The Balaban J connectivity index is 1.90. The van der Waals surface area contributed by atoms with Gasteiger partial charge in [-0.15, -0.1) is 0 Å². The lowest BCUT2D eigenvalue weighted by Crippen LogP contribution is -2.01. The minimum Gasteiger partial charge on any atom is -0.365 e. The van der Waals surface area contributed by atoms with Crippen LogP contribution in [0.25, 0.3) is 10.9 Å². The minimum absolute atomic E-state index is 0.692. The molecule has 0 saturated carbocycles. The van der Waals surface area contributed by atoms with Crippen LogP contribution in [0.5, 0.6) is 0 Å². The third kappa shape index (κ3) is 1.94. The van der Waals surface area contributed by atoms with Gasteiger partial charge in [0.1, 0.15) is 12.1 Å². The number of rotatable bonds is 3. The number of H-pyrrole nitrogens is 1. The molecular formula is C12H11N5. The Kier molecular flexibility index (Phi) is 2.42. The van der Waals surface area contributed by atoms with Crippen molar-refractivity contribution < 1.29 is 0 Å². The number of aromatic amines is 1. The molecule has 3 aromatic rings. The van der Waals surface area contributed by atoms with E-state index in [1.165, 1.54) is 0 Å². The van der Waals surface area contributed by atoms with Crippen LogP contribution in [0.15, 0.2) is 43.0 Å². The predicted molar refractivity (Wildman–Crippen MR) is 65.5 cm³/mol. The van der Waals surface area contributed by atoms with Crippen molar-refractivity contribution in [3.63, 3.8) is 0 Å². The summed E-state index contributed by atoms with van der Waals surface area (Å²) in [5.41, 5.74) is 2.03. The second kappa shape index (κ2) is 4.21. The van der Waals surface area contributed by atoms with Gasteiger partial charge in [0.15, 0.2) is 0 Å². The summed E-state index contributed by atoms with van der Waals surface area (Å²) >= 11 is 0. The summed E-state index contributed by atoms with van der Waals surface area (Å²) in [6.45, 7) is 0.692. The molecule has 2 aromatic heterocycles. The van der Waals surface area contributed by atoms with Gasteiger partial charge in [0.2, 0.25) is 0 Å². The Bertz CT molecular complexity index is 612. The summed E-state index contributed by atoms with van der Waals surface area (Å²) in [5.74, 6) is 0.844. The lowest BCUT2D eigenvalue weighted by atomic mass is 10.2. The predicted octanol–water partition coefficient (Wildman–Crippen LogP) is 1.96. The molecule has 0 aliphatic heterocycles. The summed E-state index contributed by atoms with van der Waals surface area (Å²) in [7, 11) is 0. The molecule has 0 saturated heterocycles. The molecule has 1 aromatic carbocycles. The molecule has 0 bridgehead atoms. The largest absolute Gasteiger partial charge is 0.365 e. The summed E-state index contributed by atoms with van der Waals surface area (Å²) < 4.78 is 0. The van der Waals surface area contributed by atoms with Crippen LogP contribution in [-0.2, 0) is 6.54 Å². The van der Waals surface area contributed by atoms with Crippen molar-refractivity contribution in [3.05, 3.63) is 48.5 Å². The maximum absolute atomic E-state index is 4.25. The van der Waals surface area contributed by atoms with E-state index in [1.807, 2.05) is 30.5 Å². The SMILES string of the molecule is c1ccc2c(NCc3cn[nH]c3)ncnc2c1. The fourth-order valence-corrected chi connectivity index (χ4v) is 1.71. The lowest BCUT2D eigenvalue weighted by molar-refractivity contribution is 1.09. The van der Waals surface area contributed by atoms with E-state index in [1.54, 1.807) is 12.5 Å². The fourth-order valence-electron chi connectivity index (χ4n) is 1.71. The Morgan fingerprint density at radius 3 is 3.00 bits per heavy atom. The molecule has 0 aliphatic carbocycles. The standard InChI is InChI=1S/C12H11N5/c1-2-4-11-10(3-1)12(15-8-14-11)13-5-9-6-16-17-7-9/h1-4,6-8H,5H2,(H,16,17)(H,13,14,15). The van der Waals surface area contributed by atoms with E-state index < -0.39 is 0 Å². The molecule has 17 heavy (non-hydrogen) atoms. The number of aromatic nitrogens is 4. The van der Waals surface area contributed by atoms with Gasteiger partial charge in [0.25, 0.3) is 0 Å². The molecule has 0 fully saturated rings. The van der Waals surface area contributed by atoms with Gasteiger partial charge in [0.05, 0.1) is 11.7 Å². The van der Waals surface area contributed by atoms with Crippen LogP contribution in [0.3, 0.4) is 0 Å². The van der Waals surface area contributed by atoms with E-state index in [2.05, 4.69) is 25.5 Å². The van der Waals surface area contributed by atoms with Crippen LogP contribution < -0.4 is 5.32 Å². The summed E-state index contributed by atoms with van der Waals surface area (Å²) in [6, 6.07) is 7.93. The minimum atomic E-state index is 0.692. The zero-order valence-corrected chi connectivity index (χ0v) is 9.09. The summed E-state index contributed by atoms with van der Waals surface area (Å²) in [4.78, 5) is 8.47. The van der Waals surface area contributed by atoms with Gasteiger partial charge in [-0.1, -0.05) is 12.1 Å². The number of fused-ring (bicyclic) bond motifs is 1. The monoisotopic (exact) mass is 225 g/mol. The number of nitrogens with one attached hydrogen (secondary N) is 2. The van der Waals surface area contributed by atoms with Gasteiger partial charge in [-0.25, -0.2) is 9.97 Å². The van der Waals surface area contributed by atoms with Crippen LogP contribution in [-0.4, -0.2) is 20.2 Å². The number of hydrogen-bond donors (Lipinski definition) is 2. The molecule has 0 radical (unpaired) electrons. The summed E-state index contributed by atoms with van der Waals surface area (Å²) in [6.07, 6.45) is 5.22. The Hall–Kier alpha value is -2.43. The number of nitrogens with zero attached hydrogens (tertiary/aromatic N) is 3. The first-order valence-electron chi connectivity index (χ1n) is 5.35. The molecule has 0 spiro atoms. The first kappa shape index (κ1) is 9.77.